The van der Waals surface area contributed by atoms with Crippen LogP contribution in [-0.2, 0) is 23.6 Å². The lowest BCUT2D eigenvalue weighted by Crippen LogP contribution is -2.49. The van der Waals surface area contributed by atoms with E-state index in [1.807, 2.05) is 25.1 Å². The highest BCUT2D eigenvalue weighted by Crippen LogP contribution is 2.38. The van der Waals surface area contributed by atoms with Crippen molar-refractivity contribution in [1.82, 2.24) is 19.8 Å². The summed E-state index contributed by atoms with van der Waals surface area (Å²) in [5, 5.41) is 0. The fraction of sp³-hybridized carbons (Fsp3) is 0.485. The first-order valence-corrected chi connectivity index (χ1v) is 15.6. The monoisotopic (exact) mass is 663 g/mol. The summed E-state index contributed by atoms with van der Waals surface area (Å²) in [6.07, 6.45) is -7.93. The Morgan fingerprint density at radius 2 is 1.51 bits per heavy atom. The van der Waals surface area contributed by atoms with Gasteiger partial charge in [-0.3, -0.25) is 9.69 Å². The van der Waals surface area contributed by atoms with E-state index in [1.54, 1.807) is 6.07 Å². The Morgan fingerprint density at radius 1 is 0.851 bits per heavy atom. The zero-order valence-corrected chi connectivity index (χ0v) is 25.8. The molecule has 2 saturated heterocycles. The Kier molecular flexibility index (Phi) is 9.34. The third-order valence-corrected chi connectivity index (χ3v) is 8.91. The summed E-state index contributed by atoms with van der Waals surface area (Å²) in [6.45, 7) is 6.15. The van der Waals surface area contributed by atoms with Crippen LogP contribution in [0.15, 0.2) is 42.5 Å². The summed E-state index contributed by atoms with van der Waals surface area (Å²) in [4.78, 5) is 29.6. The summed E-state index contributed by atoms with van der Waals surface area (Å²) in [5.74, 6) is -0.199. The molecule has 0 atom stereocenters. The van der Waals surface area contributed by atoms with Gasteiger partial charge in [0.05, 0.1) is 36.6 Å². The summed E-state index contributed by atoms with van der Waals surface area (Å²) >= 11 is 0. The number of morpholine rings is 1. The van der Waals surface area contributed by atoms with Crippen molar-refractivity contribution >= 4 is 11.9 Å². The van der Waals surface area contributed by atoms with Crippen LogP contribution in [0.1, 0.15) is 51.9 Å². The summed E-state index contributed by atoms with van der Waals surface area (Å²) in [7, 11) is 0. The Hall–Kier alpha value is -3.91. The number of halogens is 6. The standard InChI is InChI=1S/C33H35F6N5O3/c1-21-5-2-3-6-26(21)28-27-29(41-31(40-28)43-10-7-25(8-11-43)42-12-15-46-16-13-42)47-14-4-9-44(30(27)45)20-22-17-23(32(34,35)36)19-24(18-22)33(37,38)39/h2-3,5-6,17-19,25H,4,7-16,20H2,1H3. The molecule has 4 heterocycles. The predicted octanol–water partition coefficient (Wildman–Crippen LogP) is 6.22. The van der Waals surface area contributed by atoms with Crippen molar-refractivity contribution < 1.29 is 40.6 Å². The summed E-state index contributed by atoms with van der Waals surface area (Å²) < 4.78 is 93.1. The molecule has 0 spiro atoms. The van der Waals surface area contributed by atoms with Gasteiger partial charge in [0.25, 0.3) is 5.91 Å². The number of nitrogens with zero attached hydrogens (tertiary/aromatic N) is 5. The van der Waals surface area contributed by atoms with Crippen LogP contribution in [-0.4, -0.2) is 84.3 Å². The minimum atomic E-state index is -5.00. The topological polar surface area (TPSA) is 71.0 Å². The molecule has 1 amide bonds. The molecule has 0 bridgehead atoms. The van der Waals surface area contributed by atoms with Crippen LogP contribution in [0.25, 0.3) is 11.3 Å². The zero-order valence-electron chi connectivity index (χ0n) is 25.8. The SMILES string of the molecule is Cc1ccccc1-c1nc(N2CCC(N3CCOCC3)CC2)nc2c1C(=O)N(Cc1cc(C(F)(F)F)cc(C(F)(F)F)c1)CCCO2. The largest absolute Gasteiger partial charge is 0.477 e. The van der Waals surface area contributed by atoms with E-state index in [1.165, 1.54) is 4.90 Å². The van der Waals surface area contributed by atoms with Crippen LogP contribution in [0.3, 0.4) is 0 Å². The smallest absolute Gasteiger partial charge is 0.416 e. The average molecular weight is 664 g/mol. The van der Waals surface area contributed by atoms with E-state index >= 15 is 0 Å². The molecule has 3 aliphatic rings. The van der Waals surface area contributed by atoms with Crippen molar-refractivity contribution in [3.63, 3.8) is 0 Å². The van der Waals surface area contributed by atoms with E-state index in [0.29, 0.717) is 68.1 Å². The van der Waals surface area contributed by atoms with Gasteiger partial charge in [0.15, 0.2) is 0 Å². The van der Waals surface area contributed by atoms with Gasteiger partial charge in [0, 0.05) is 50.9 Å². The number of benzene rings is 2. The molecule has 0 aliphatic carbocycles. The summed E-state index contributed by atoms with van der Waals surface area (Å²) in [5.41, 5.74) is -1.37. The first-order chi connectivity index (χ1) is 22.4. The van der Waals surface area contributed by atoms with Gasteiger partial charge in [-0.2, -0.15) is 31.3 Å². The number of amides is 1. The van der Waals surface area contributed by atoms with Crippen molar-refractivity contribution in [2.45, 2.75) is 51.1 Å². The van der Waals surface area contributed by atoms with E-state index in [0.717, 1.165) is 31.5 Å². The molecule has 3 aromatic rings. The minimum Gasteiger partial charge on any atom is -0.477 e. The molecule has 3 aliphatic heterocycles. The lowest BCUT2D eigenvalue weighted by Gasteiger charge is -2.40. The predicted molar refractivity (Wildman–Crippen MR) is 161 cm³/mol. The van der Waals surface area contributed by atoms with Gasteiger partial charge in [-0.15, -0.1) is 0 Å². The maximum absolute atomic E-state index is 14.3. The van der Waals surface area contributed by atoms with Crippen LogP contribution < -0.4 is 9.64 Å². The molecule has 14 heteroatoms. The lowest BCUT2D eigenvalue weighted by atomic mass is 9.99. The van der Waals surface area contributed by atoms with Gasteiger partial charge < -0.3 is 19.3 Å². The molecule has 0 unspecified atom stereocenters. The Labute approximate surface area is 268 Å². The van der Waals surface area contributed by atoms with E-state index in [4.69, 9.17) is 19.4 Å². The van der Waals surface area contributed by atoms with Gasteiger partial charge in [-0.25, -0.2) is 4.98 Å². The average Bonchev–Trinajstić information content (AvgIpc) is 3.04. The second-order valence-corrected chi connectivity index (χ2v) is 12.1. The molecule has 8 nitrogen and oxygen atoms in total. The number of anilines is 1. The molecule has 252 valence electrons. The van der Waals surface area contributed by atoms with E-state index in [9.17, 15) is 31.1 Å². The molecule has 1 aromatic heterocycles. The number of piperidine rings is 1. The molecular weight excluding hydrogens is 628 g/mol. The fourth-order valence-electron chi connectivity index (χ4n) is 6.44. The first-order valence-electron chi connectivity index (χ1n) is 15.6. The Balaban J connectivity index is 1.36. The first kappa shape index (κ1) is 33.0. The zero-order chi connectivity index (χ0) is 33.3. The van der Waals surface area contributed by atoms with Crippen molar-refractivity contribution in [2.75, 3.05) is 57.4 Å². The maximum atomic E-state index is 14.3. The lowest BCUT2D eigenvalue weighted by molar-refractivity contribution is -0.143. The molecular formula is C33H35F6N5O3. The molecule has 6 rings (SSSR count). The number of rotatable bonds is 5. The molecule has 0 saturated carbocycles. The van der Waals surface area contributed by atoms with Crippen molar-refractivity contribution in [3.8, 4) is 17.1 Å². The molecule has 0 radical (unpaired) electrons. The number of fused-ring (bicyclic) bond motifs is 1. The van der Waals surface area contributed by atoms with E-state index in [-0.39, 0.29) is 36.2 Å². The number of hydrogen-bond donors (Lipinski definition) is 0. The van der Waals surface area contributed by atoms with Gasteiger partial charge in [0.1, 0.15) is 5.56 Å². The highest BCUT2D eigenvalue weighted by atomic mass is 19.4. The maximum Gasteiger partial charge on any atom is 0.416 e. The van der Waals surface area contributed by atoms with Crippen LogP contribution in [0.2, 0.25) is 0 Å². The quantitative estimate of drug-likeness (QED) is 0.301. The van der Waals surface area contributed by atoms with Crippen LogP contribution >= 0.6 is 0 Å². The number of carbonyl (C=O) groups is 1. The van der Waals surface area contributed by atoms with Crippen LogP contribution in [0.5, 0.6) is 5.88 Å². The van der Waals surface area contributed by atoms with Gasteiger partial charge in [0.2, 0.25) is 11.8 Å². The fourth-order valence-corrected chi connectivity index (χ4v) is 6.44. The van der Waals surface area contributed by atoms with Gasteiger partial charge >= 0.3 is 12.4 Å². The van der Waals surface area contributed by atoms with Crippen molar-refractivity contribution in [3.05, 3.63) is 70.3 Å². The highest BCUT2D eigenvalue weighted by molar-refractivity contribution is 6.02. The summed E-state index contributed by atoms with van der Waals surface area (Å²) in [6, 6.07) is 9.13. The molecule has 2 fully saturated rings. The number of carbonyl (C=O) groups excluding carboxylic acids is 1. The Bertz CT molecular complexity index is 1570. The van der Waals surface area contributed by atoms with Gasteiger partial charge in [-0.1, -0.05) is 24.3 Å². The number of ether oxygens (including phenoxy) is 2. The Morgan fingerprint density at radius 3 is 2.15 bits per heavy atom. The van der Waals surface area contributed by atoms with E-state index < -0.39 is 35.9 Å². The van der Waals surface area contributed by atoms with Crippen molar-refractivity contribution in [1.29, 1.82) is 0 Å². The third-order valence-electron chi connectivity index (χ3n) is 8.91. The normalized spacial score (nSPS) is 18.8. The highest BCUT2D eigenvalue weighted by Gasteiger charge is 2.38. The number of alkyl halides is 6. The van der Waals surface area contributed by atoms with Crippen LogP contribution in [0, 0.1) is 6.92 Å². The molecule has 0 N–H and O–H groups in total. The third kappa shape index (κ3) is 7.33. The molecule has 47 heavy (non-hydrogen) atoms. The van der Waals surface area contributed by atoms with Crippen molar-refractivity contribution in [2.24, 2.45) is 0 Å². The second kappa shape index (κ2) is 13.3. The minimum absolute atomic E-state index is 0.0222. The second-order valence-electron chi connectivity index (χ2n) is 12.1. The molecule has 2 aromatic carbocycles. The van der Waals surface area contributed by atoms with E-state index in [2.05, 4.69) is 9.80 Å². The van der Waals surface area contributed by atoms with Gasteiger partial charge in [-0.05, 0) is 55.5 Å². The van der Waals surface area contributed by atoms with Crippen LogP contribution in [0.4, 0.5) is 32.3 Å². The number of aromatic nitrogens is 2. The number of hydrogen-bond acceptors (Lipinski definition) is 7. The number of aryl methyl sites for hydroxylation is 1.